The van der Waals surface area contributed by atoms with Crippen molar-refractivity contribution in [3.8, 4) is 0 Å². The van der Waals surface area contributed by atoms with E-state index in [1.807, 2.05) is 6.92 Å². The molecule has 5 aliphatic carbocycles. The van der Waals surface area contributed by atoms with E-state index in [4.69, 9.17) is 9.84 Å². The molecule has 2 heterocycles. The molecule has 5 heteroatoms. The first-order valence-electron chi connectivity index (χ1n) is 7.19. The number of alkyl halides is 2. The normalized spacial score (nSPS) is 72.4. The van der Waals surface area contributed by atoms with Gasteiger partial charge < -0.3 is 9.84 Å². The Kier molecular flexibility index (Phi) is 1.14. The van der Waals surface area contributed by atoms with Crippen LogP contribution in [-0.2, 0) is 9.53 Å². The van der Waals surface area contributed by atoms with Gasteiger partial charge in [0.05, 0.1) is 5.60 Å². The molecule has 0 aromatic rings. The van der Waals surface area contributed by atoms with Crippen molar-refractivity contribution in [3.05, 3.63) is 0 Å². The molecule has 1 N–H and O–H groups in total. The van der Waals surface area contributed by atoms with Crippen LogP contribution in [0.15, 0.2) is 0 Å². The summed E-state index contributed by atoms with van der Waals surface area (Å²) in [6.45, 7) is 1.98. The van der Waals surface area contributed by atoms with E-state index in [0.717, 1.165) is 6.42 Å². The molecule has 0 radical (unpaired) electrons. The molecule has 19 heavy (non-hydrogen) atoms. The van der Waals surface area contributed by atoms with E-state index in [0.29, 0.717) is 23.7 Å². The van der Waals surface area contributed by atoms with Gasteiger partial charge in [0, 0.05) is 11.8 Å². The maximum Gasteiger partial charge on any atom is 0.377 e. The van der Waals surface area contributed by atoms with E-state index in [1.165, 1.54) is 0 Å². The Balaban J connectivity index is 1.67. The highest BCUT2D eigenvalue weighted by molar-refractivity contribution is 5.78. The summed E-state index contributed by atoms with van der Waals surface area (Å²) in [6, 6.07) is 0. The van der Waals surface area contributed by atoms with E-state index in [2.05, 4.69) is 0 Å². The molecule has 2 aliphatic heterocycles. The smallest absolute Gasteiger partial charge is 0.377 e. The van der Waals surface area contributed by atoms with Gasteiger partial charge >= 0.3 is 11.9 Å². The summed E-state index contributed by atoms with van der Waals surface area (Å²) in [6.07, 6.45) is 1.05. The molecule has 2 saturated heterocycles. The van der Waals surface area contributed by atoms with Crippen LogP contribution in [-0.4, -0.2) is 28.2 Å². The van der Waals surface area contributed by atoms with Crippen molar-refractivity contribution in [3.63, 3.8) is 0 Å². The standard InChI is InChI=1S/C14H14F2O3/c1-12-7-3-2-4-6-5(3)9(12)10(6)13(19-12,8(4)7)14(15,16)11(17)18/h3-10H,2H2,1H3,(H,17,18)/t3-,4-,5+,6+,7-,8+,9-,10+,12-,13-/m0/s1. The van der Waals surface area contributed by atoms with Crippen molar-refractivity contribution in [2.24, 2.45) is 47.3 Å². The molecule has 7 rings (SSSR count). The second-order valence-corrected chi connectivity index (χ2v) is 7.78. The number of hydrogen-bond acceptors (Lipinski definition) is 2. The number of hydrogen-bond donors (Lipinski definition) is 1. The van der Waals surface area contributed by atoms with Gasteiger partial charge in [0.15, 0.2) is 5.60 Å². The molecule has 7 fully saturated rings. The van der Waals surface area contributed by atoms with Crippen molar-refractivity contribution >= 4 is 5.97 Å². The Morgan fingerprint density at radius 1 is 1.21 bits per heavy atom. The first-order valence-corrected chi connectivity index (χ1v) is 7.19. The van der Waals surface area contributed by atoms with Crippen LogP contribution in [0.4, 0.5) is 8.78 Å². The maximum absolute atomic E-state index is 14.5. The topological polar surface area (TPSA) is 46.5 Å². The van der Waals surface area contributed by atoms with E-state index >= 15 is 0 Å². The number of carboxylic acids is 1. The largest absolute Gasteiger partial charge is 0.477 e. The third-order valence-electron chi connectivity index (χ3n) is 7.97. The maximum atomic E-state index is 14.5. The van der Waals surface area contributed by atoms with Gasteiger partial charge in [-0.05, 0) is 48.9 Å². The molecule has 4 bridgehead atoms. The average Bonchev–Trinajstić information content (AvgIpc) is 2.88. The molecule has 102 valence electrons. The molecule has 0 aromatic carbocycles. The Labute approximate surface area is 108 Å². The van der Waals surface area contributed by atoms with E-state index in [9.17, 15) is 13.6 Å². The van der Waals surface area contributed by atoms with Crippen LogP contribution in [0.1, 0.15) is 13.3 Å². The Bertz CT molecular complexity index is 577. The quantitative estimate of drug-likeness (QED) is 0.828. The predicted octanol–water partition coefficient (Wildman–Crippen LogP) is 1.62. The number of aliphatic carboxylic acids is 1. The fourth-order valence-electron chi connectivity index (χ4n) is 8.24. The minimum Gasteiger partial charge on any atom is -0.477 e. The summed E-state index contributed by atoms with van der Waals surface area (Å²) in [5, 5.41) is 9.03. The van der Waals surface area contributed by atoms with Crippen molar-refractivity contribution in [1.82, 2.24) is 0 Å². The molecule has 3 nitrogen and oxygen atoms in total. The van der Waals surface area contributed by atoms with Crippen molar-refractivity contribution in [1.29, 1.82) is 0 Å². The highest BCUT2D eigenvalue weighted by atomic mass is 19.3. The fourth-order valence-corrected chi connectivity index (χ4v) is 8.24. The van der Waals surface area contributed by atoms with Crippen LogP contribution in [0, 0.1) is 47.3 Å². The summed E-state index contributed by atoms with van der Waals surface area (Å²) < 4.78 is 34.9. The van der Waals surface area contributed by atoms with Gasteiger partial charge in [-0.3, -0.25) is 0 Å². The van der Waals surface area contributed by atoms with Crippen LogP contribution >= 0.6 is 0 Å². The van der Waals surface area contributed by atoms with Gasteiger partial charge in [0.25, 0.3) is 0 Å². The lowest BCUT2D eigenvalue weighted by molar-refractivity contribution is -0.227. The zero-order valence-electron chi connectivity index (χ0n) is 10.3. The van der Waals surface area contributed by atoms with Crippen molar-refractivity contribution in [2.45, 2.75) is 30.5 Å². The fraction of sp³-hybridized carbons (Fsp3) is 0.929. The monoisotopic (exact) mass is 268 g/mol. The molecule has 0 unspecified atom stereocenters. The number of halogens is 2. The second kappa shape index (κ2) is 2.14. The highest BCUT2D eigenvalue weighted by Crippen LogP contribution is 2.94. The molecular weight excluding hydrogens is 254 g/mol. The Hall–Kier alpha value is -0.710. The lowest BCUT2D eigenvalue weighted by Crippen LogP contribution is -2.61. The van der Waals surface area contributed by atoms with Crippen LogP contribution in [0.5, 0.6) is 0 Å². The Morgan fingerprint density at radius 2 is 1.84 bits per heavy atom. The van der Waals surface area contributed by atoms with E-state index in [1.54, 1.807) is 0 Å². The molecule has 0 spiro atoms. The molecule has 5 saturated carbocycles. The summed E-state index contributed by atoms with van der Waals surface area (Å²) in [4.78, 5) is 11.1. The predicted molar refractivity (Wildman–Crippen MR) is 57.3 cm³/mol. The van der Waals surface area contributed by atoms with Gasteiger partial charge in [-0.2, -0.15) is 8.78 Å². The lowest BCUT2D eigenvalue weighted by atomic mass is 9.54. The summed E-state index contributed by atoms with van der Waals surface area (Å²) in [5.41, 5.74) is -2.12. The van der Waals surface area contributed by atoms with E-state index < -0.39 is 23.1 Å². The summed E-state index contributed by atoms with van der Waals surface area (Å²) >= 11 is 0. The molecular formula is C14H14F2O3. The minimum atomic E-state index is -3.73. The van der Waals surface area contributed by atoms with Crippen LogP contribution in [0.2, 0.25) is 0 Å². The van der Waals surface area contributed by atoms with Gasteiger partial charge in [0.1, 0.15) is 0 Å². The van der Waals surface area contributed by atoms with Crippen LogP contribution < -0.4 is 0 Å². The average molecular weight is 268 g/mol. The van der Waals surface area contributed by atoms with Crippen molar-refractivity contribution in [2.75, 3.05) is 0 Å². The van der Waals surface area contributed by atoms with Crippen molar-refractivity contribution < 1.29 is 23.4 Å². The number of rotatable bonds is 2. The summed E-state index contributed by atoms with van der Waals surface area (Å²) in [5.74, 6) is -3.94. The zero-order valence-corrected chi connectivity index (χ0v) is 10.3. The molecule has 7 aliphatic rings. The first-order chi connectivity index (χ1) is 8.87. The van der Waals surface area contributed by atoms with Crippen LogP contribution in [0.25, 0.3) is 0 Å². The molecule has 10 atom stereocenters. The SMILES string of the molecule is C[C@@]12O[C@@]3(C(F)(F)C(=O)O)[C@@H]4[C@H]5C[C@@H]([C@@H]6[C@@H]5[C@@H]3[C@H]61)[C@@H]42. The van der Waals surface area contributed by atoms with Gasteiger partial charge in [-0.25, -0.2) is 4.79 Å². The van der Waals surface area contributed by atoms with Gasteiger partial charge in [0.2, 0.25) is 0 Å². The lowest BCUT2D eigenvalue weighted by Gasteiger charge is -2.47. The van der Waals surface area contributed by atoms with E-state index in [-0.39, 0.29) is 23.7 Å². The zero-order chi connectivity index (χ0) is 13.1. The summed E-state index contributed by atoms with van der Waals surface area (Å²) in [7, 11) is 0. The first kappa shape index (κ1) is 10.1. The Morgan fingerprint density at radius 3 is 2.53 bits per heavy atom. The third-order valence-corrected chi connectivity index (χ3v) is 7.97. The minimum absolute atomic E-state index is 0.188. The molecule has 0 aromatic heterocycles. The molecule has 0 amide bonds. The van der Waals surface area contributed by atoms with Crippen LogP contribution in [0.3, 0.4) is 0 Å². The van der Waals surface area contributed by atoms with Gasteiger partial charge in [-0.15, -0.1) is 0 Å². The number of carboxylic acid groups (broad SMARTS) is 1. The number of ether oxygens (including phenoxy) is 1. The van der Waals surface area contributed by atoms with Gasteiger partial charge in [-0.1, -0.05) is 0 Å². The second-order valence-electron chi connectivity index (χ2n) is 7.78. The highest BCUT2D eigenvalue weighted by Gasteiger charge is 3.00. The third kappa shape index (κ3) is 0.569. The number of carbonyl (C=O) groups is 1.